The van der Waals surface area contributed by atoms with Crippen molar-refractivity contribution in [2.45, 2.75) is 52.0 Å². The first-order valence-electron chi connectivity index (χ1n) is 5.79. The Morgan fingerprint density at radius 1 is 1.27 bits per heavy atom. The van der Waals surface area contributed by atoms with Gasteiger partial charge in [-0.15, -0.1) is 0 Å². The van der Waals surface area contributed by atoms with Gasteiger partial charge in [0.25, 0.3) is 0 Å². The zero-order chi connectivity index (χ0) is 11.2. The van der Waals surface area contributed by atoms with Crippen molar-refractivity contribution in [2.24, 2.45) is 5.73 Å². The van der Waals surface area contributed by atoms with Crippen LogP contribution in [-0.4, -0.2) is 0 Å². The molecular weight excluding hydrogens is 182 g/mol. The van der Waals surface area contributed by atoms with Crippen LogP contribution in [0, 0.1) is 13.8 Å². The van der Waals surface area contributed by atoms with Crippen LogP contribution in [-0.2, 0) is 5.41 Å². The molecule has 0 bridgehead atoms. The molecule has 1 aromatic rings. The van der Waals surface area contributed by atoms with Crippen LogP contribution in [0.4, 0.5) is 0 Å². The van der Waals surface area contributed by atoms with Crippen LogP contribution in [0.25, 0.3) is 0 Å². The van der Waals surface area contributed by atoms with E-state index in [-0.39, 0.29) is 6.04 Å². The van der Waals surface area contributed by atoms with Gasteiger partial charge in [0.05, 0.1) is 0 Å². The summed E-state index contributed by atoms with van der Waals surface area (Å²) < 4.78 is 0. The van der Waals surface area contributed by atoms with Gasteiger partial charge in [-0.3, -0.25) is 0 Å². The number of aryl methyl sites for hydroxylation is 2. The van der Waals surface area contributed by atoms with Crippen molar-refractivity contribution in [1.82, 2.24) is 0 Å². The number of rotatable bonds is 0. The average molecular weight is 203 g/mol. The molecule has 0 aromatic heterocycles. The molecule has 82 valence electrons. The second-order valence-corrected chi connectivity index (χ2v) is 5.58. The fraction of sp³-hybridized carbons (Fsp3) is 0.571. The minimum Gasteiger partial charge on any atom is -0.324 e. The second-order valence-electron chi connectivity index (χ2n) is 5.58. The Morgan fingerprint density at radius 3 is 2.60 bits per heavy atom. The van der Waals surface area contributed by atoms with Gasteiger partial charge in [0.15, 0.2) is 0 Å². The lowest BCUT2D eigenvalue weighted by atomic mass is 9.69. The molecule has 1 aliphatic carbocycles. The largest absolute Gasteiger partial charge is 0.324 e. The molecule has 0 aliphatic heterocycles. The van der Waals surface area contributed by atoms with Gasteiger partial charge in [-0.25, -0.2) is 0 Å². The van der Waals surface area contributed by atoms with Crippen molar-refractivity contribution < 1.29 is 0 Å². The number of nitrogens with two attached hydrogens (primary N) is 1. The van der Waals surface area contributed by atoms with Crippen LogP contribution in [0.5, 0.6) is 0 Å². The van der Waals surface area contributed by atoms with Crippen molar-refractivity contribution >= 4 is 0 Å². The highest BCUT2D eigenvalue weighted by molar-refractivity contribution is 5.45. The lowest BCUT2D eigenvalue weighted by Crippen LogP contribution is -2.30. The van der Waals surface area contributed by atoms with E-state index in [1.165, 1.54) is 28.7 Å². The third-order valence-corrected chi connectivity index (χ3v) is 3.67. The summed E-state index contributed by atoms with van der Waals surface area (Å²) in [5, 5.41) is 0. The Hall–Kier alpha value is -0.820. The summed E-state index contributed by atoms with van der Waals surface area (Å²) >= 11 is 0. The fourth-order valence-electron chi connectivity index (χ4n) is 3.01. The standard InChI is InChI=1S/C14H21N/c1-9-7-10(2)13-11(8-9)12(15)5-6-14(13,3)4/h7-8,12H,5-6,15H2,1-4H3. The third-order valence-electron chi connectivity index (χ3n) is 3.67. The highest BCUT2D eigenvalue weighted by atomic mass is 14.6. The molecule has 1 nitrogen and oxygen atoms in total. The number of hydrogen-bond acceptors (Lipinski definition) is 1. The molecule has 0 heterocycles. The maximum atomic E-state index is 6.21. The van der Waals surface area contributed by atoms with Crippen molar-refractivity contribution in [3.8, 4) is 0 Å². The van der Waals surface area contributed by atoms with Crippen LogP contribution in [0.1, 0.15) is 55.0 Å². The molecule has 0 saturated carbocycles. The molecular formula is C14H21N. The van der Waals surface area contributed by atoms with Crippen molar-refractivity contribution in [3.63, 3.8) is 0 Å². The number of benzene rings is 1. The smallest absolute Gasteiger partial charge is 0.0298 e. The average Bonchev–Trinajstić information content (AvgIpc) is 2.10. The van der Waals surface area contributed by atoms with Crippen molar-refractivity contribution in [1.29, 1.82) is 0 Å². The van der Waals surface area contributed by atoms with Crippen LogP contribution in [0.3, 0.4) is 0 Å². The van der Waals surface area contributed by atoms with E-state index < -0.39 is 0 Å². The lowest BCUT2D eigenvalue weighted by molar-refractivity contribution is 0.394. The maximum absolute atomic E-state index is 6.21. The molecule has 1 heteroatoms. The summed E-state index contributed by atoms with van der Waals surface area (Å²) in [4.78, 5) is 0. The van der Waals surface area contributed by atoms with E-state index >= 15 is 0 Å². The summed E-state index contributed by atoms with van der Waals surface area (Å²) in [5.41, 5.74) is 12.1. The quantitative estimate of drug-likeness (QED) is 0.687. The first-order valence-corrected chi connectivity index (χ1v) is 5.79. The van der Waals surface area contributed by atoms with Gasteiger partial charge < -0.3 is 5.73 Å². The zero-order valence-corrected chi connectivity index (χ0v) is 10.2. The molecule has 1 atom stereocenters. The molecule has 0 spiro atoms. The predicted molar refractivity (Wildman–Crippen MR) is 65.1 cm³/mol. The SMILES string of the molecule is Cc1cc(C)c2c(c1)C(N)CCC2(C)C. The zero-order valence-electron chi connectivity index (χ0n) is 10.2. The number of fused-ring (bicyclic) bond motifs is 1. The highest BCUT2D eigenvalue weighted by Crippen LogP contribution is 2.42. The Morgan fingerprint density at radius 2 is 1.93 bits per heavy atom. The molecule has 0 fully saturated rings. The van der Waals surface area contributed by atoms with Gasteiger partial charge in [0, 0.05) is 6.04 Å². The summed E-state index contributed by atoms with van der Waals surface area (Å²) in [6.45, 7) is 9.04. The van der Waals surface area contributed by atoms with Gasteiger partial charge in [0.2, 0.25) is 0 Å². The summed E-state index contributed by atoms with van der Waals surface area (Å²) in [6, 6.07) is 4.79. The minimum atomic E-state index is 0.242. The van der Waals surface area contributed by atoms with E-state index in [1.54, 1.807) is 0 Å². The van der Waals surface area contributed by atoms with E-state index in [0.717, 1.165) is 6.42 Å². The molecule has 1 aliphatic rings. The van der Waals surface area contributed by atoms with Crippen LogP contribution in [0.2, 0.25) is 0 Å². The molecule has 1 aromatic carbocycles. The van der Waals surface area contributed by atoms with Crippen LogP contribution >= 0.6 is 0 Å². The van der Waals surface area contributed by atoms with Crippen molar-refractivity contribution in [2.75, 3.05) is 0 Å². The molecule has 0 radical (unpaired) electrons. The molecule has 0 saturated heterocycles. The van der Waals surface area contributed by atoms with E-state index in [4.69, 9.17) is 5.73 Å². The van der Waals surface area contributed by atoms with Gasteiger partial charge in [-0.2, -0.15) is 0 Å². The monoisotopic (exact) mass is 203 g/mol. The summed E-state index contributed by atoms with van der Waals surface area (Å²) in [5.74, 6) is 0. The van der Waals surface area contributed by atoms with Gasteiger partial charge >= 0.3 is 0 Å². The molecule has 2 rings (SSSR count). The first-order chi connectivity index (χ1) is 6.92. The van der Waals surface area contributed by atoms with Crippen LogP contribution < -0.4 is 5.73 Å². The Labute approximate surface area is 92.7 Å². The summed E-state index contributed by atoms with van der Waals surface area (Å²) in [7, 11) is 0. The van der Waals surface area contributed by atoms with Gasteiger partial charge in [-0.1, -0.05) is 31.5 Å². The Bertz CT molecular complexity index is 391. The molecule has 0 amide bonds. The normalized spacial score (nSPS) is 23.7. The first kappa shape index (κ1) is 10.7. The second kappa shape index (κ2) is 3.34. The van der Waals surface area contributed by atoms with E-state index in [9.17, 15) is 0 Å². The van der Waals surface area contributed by atoms with E-state index in [0.29, 0.717) is 5.41 Å². The molecule has 2 N–H and O–H groups in total. The van der Waals surface area contributed by atoms with Crippen molar-refractivity contribution in [3.05, 3.63) is 34.4 Å². The third kappa shape index (κ3) is 1.69. The molecule has 1 unspecified atom stereocenters. The predicted octanol–water partition coefficient (Wildman–Crippen LogP) is 3.37. The Kier molecular flexibility index (Phi) is 2.38. The maximum Gasteiger partial charge on any atom is 0.0298 e. The molecule has 15 heavy (non-hydrogen) atoms. The van der Waals surface area contributed by atoms with Gasteiger partial charge in [0.1, 0.15) is 0 Å². The van der Waals surface area contributed by atoms with E-state index in [1.807, 2.05) is 0 Å². The highest BCUT2D eigenvalue weighted by Gasteiger charge is 2.32. The van der Waals surface area contributed by atoms with Gasteiger partial charge in [-0.05, 0) is 48.8 Å². The summed E-state index contributed by atoms with van der Waals surface area (Å²) in [6.07, 6.45) is 2.31. The fourth-order valence-corrected chi connectivity index (χ4v) is 3.01. The van der Waals surface area contributed by atoms with Crippen LogP contribution in [0.15, 0.2) is 12.1 Å². The van der Waals surface area contributed by atoms with E-state index in [2.05, 4.69) is 39.8 Å². The minimum absolute atomic E-state index is 0.242. The topological polar surface area (TPSA) is 26.0 Å². The number of hydrogen-bond donors (Lipinski definition) is 1. The Balaban J connectivity index is 2.67. The lowest BCUT2D eigenvalue weighted by Gasteiger charge is -2.37.